The van der Waals surface area contributed by atoms with E-state index in [9.17, 15) is 22.4 Å². The van der Waals surface area contributed by atoms with Crippen molar-refractivity contribution in [2.24, 2.45) is 5.73 Å². The van der Waals surface area contributed by atoms with Gasteiger partial charge in [-0.05, 0) is 11.6 Å². The third-order valence-electron chi connectivity index (χ3n) is 2.72. The lowest BCUT2D eigenvalue weighted by Gasteiger charge is -2.15. The third-order valence-corrected chi connectivity index (χ3v) is 3.11. The maximum absolute atomic E-state index is 14.3. The van der Waals surface area contributed by atoms with Crippen LogP contribution in [0.1, 0.15) is 10.4 Å². The lowest BCUT2D eigenvalue weighted by atomic mass is 10.0. The number of benzene rings is 2. The van der Waals surface area contributed by atoms with Crippen molar-refractivity contribution in [2.75, 3.05) is 0 Å². The second-order valence-electron chi connectivity index (χ2n) is 4.20. The molecule has 0 saturated heterocycles. The summed E-state index contributed by atoms with van der Waals surface area (Å²) in [6, 6.07) is 8.07. The van der Waals surface area contributed by atoms with E-state index in [0.717, 1.165) is 0 Å². The molecule has 0 aliphatic rings. The Kier molecular flexibility index (Phi) is 4.27. The molecule has 2 aromatic rings. The fraction of sp³-hybridized carbons (Fsp3) is 0.0714. The monoisotopic (exact) mass is 333 g/mol. The molecule has 0 fully saturated rings. The highest BCUT2D eigenvalue weighted by atomic mass is 35.5. The van der Waals surface area contributed by atoms with Gasteiger partial charge in [0.15, 0.2) is 11.6 Å². The lowest BCUT2D eigenvalue weighted by molar-refractivity contribution is -0.275. The fourth-order valence-electron chi connectivity index (χ4n) is 1.85. The van der Waals surface area contributed by atoms with E-state index in [1.165, 1.54) is 24.3 Å². The molecular formula is C14H8ClF4NO2. The van der Waals surface area contributed by atoms with Crippen LogP contribution in [0.15, 0.2) is 36.4 Å². The van der Waals surface area contributed by atoms with Gasteiger partial charge in [0.2, 0.25) is 5.91 Å². The summed E-state index contributed by atoms with van der Waals surface area (Å²) in [5, 5.41) is -0.384. The topological polar surface area (TPSA) is 52.3 Å². The van der Waals surface area contributed by atoms with Gasteiger partial charge in [-0.15, -0.1) is 13.2 Å². The van der Waals surface area contributed by atoms with Crippen molar-refractivity contribution in [3.8, 4) is 16.9 Å². The molecule has 116 valence electrons. The van der Waals surface area contributed by atoms with E-state index in [1.54, 1.807) is 6.07 Å². The summed E-state index contributed by atoms with van der Waals surface area (Å²) in [6.07, 6.45) is -5.13. The van der Waals surface area contributed by atoms with Crippen molar-refractivity contribution in [1.82, 2.24) is 0 Å². The van der Waals surface area contributed by atoms with Crippen LogP contribution in [0.2, 0.25) is 5.02 Å². The van der Waals surface area contributed by atoms with E-state index in [4.69, 9.17) is 17.3 Å². The fourth-order valence-corrected chi connectivity index (χ4v) is 2.19. The van der Waals surface area contributed by atoms with Gasteiger partial charge >= 0.3 is 6.36 Å². The van der Waals surface area contributed by atoms with Crippen LogP contribution in [0.4, 0.5) is 17.6 Å². The van der Waals surface area contributed by atoms with Crippen molar-refractivity contribution in [3.63, 3.8) is 0 Å². The summed E-state index contributed by atoms with van der Waals surface area (Å²) in [5.74, 6) is -3.61. The number of halogens is 5. The van der Waals surface area contributed by atoms with Gasteiger partial charge in [0.05, 0.1) is 10.6 Å². The Morgan fingerprint density at radius 1 is 1.18 bits per heavy atom. The molecule has 2 rings (SSSR count). The van der Waals surface area contributed by atoms with Crippen molar-refractivity contribution in [1.29, 1.82) is 0 Å². The van der Waals surface area contributed by atoms with Crippen LogP contribution in [0.3, 0.4) is 0 Å². The quantitative estimate of drug-likeness (QED) is 0.858. The van der Waals surface area contributed by atoms with Crippen LogP contribution in [-0.2, 0) is 0 Å². The van der Waals surface area contributed by atoms with Gasteiger partial charge in [-0.25, -0.2) is 4.39 Å². The average Bonchev–Trinajstić information content (AvgIpc) is 2.41. The molecule has 0 aliphatic heterocycles. The summed E-state index contributed by atoms with van der Waals surface area (Å²) in [7, 11) is 0. The lowest BCUT2D eigenvalue weighted by Crippen LogP contribution is -2.20. The smallest absolute Gasteiger partial charge is 0.403 e. The van der Waals surface area contributed by atoms with E-state index < -0.39 is 35.0 Å². The number of amides is 1. The van der Waals surface area contributed by atoms with Crippen LogP contribution in [0, 0.1) is 5.82 Å². The van der Waals surface area contributed by atoms with Crippen molar-refractivity contribution < 1.29 is 27.1 Å². The average molecular weight is 334 g/mol. The van der Waals surface area contributed by atoms with E-state index in [2.05, 4.69) is 4.74 Å². The molecular weight excluding hydrogens is 326 g/mol. The Morgan fingerprint density at radius 2 is 1.77 bits per heavy atom. The summed E-state index contributed by atoms with van der Waals surface area (Å²) in [5.41, 5.74) is 4.38. The van der Waals surface area contributed by atoms with Gasteiger partial charge in [0.1, 0.15) is 0 Å². The van der Waals surface area contributed by atoms with Crippen LogP contribution >= 0.6 is 11.6 Å². The number of primary amides is 1. The predicted octanol–water partition coefficient (Wildman–Crippen LogP) is 4.14. The highest BCUT2D eigenvalue weighted by molar-refractivity contribution is 6.36. The molecule has 0 spiro atoms. The number of nitrogens with two attached hydrogens (primary N) is 1. The van der Waals surface area contributed by atoms with Crippen molar-refractivity contribution in [3.05, 3.63) is 52.8 Å². The molecule has 8 heteroatoms. The molecule has 1 amide bonds. The highest BCUT2D eigenvalue weighted by Gasteiger charge is 2.34. The van der Waals surface area contributed by atoms with E-state index in [-0.39, 0.29) is 10.6 Å². The predicted molar refractivity (Wildman–Crippen MR) is 72.0 cm³/mol. The minimum absolute atomic E-state index is 0.181. The summed E-state index contributed by atoms with van der Waals surface area (Å²) in [6.45, 7) is 0. The first-order valence-electron chi connectivity index (χ1n) is 5.83. The molecule has 3 nitrogen and oxygen atoms in total. The van der Waals surface area contributed by atoms with Crippen LogP contribution < -0.4 is 10.5 Å². The Hall–Kier alpha value is -2.28. The summed E-state index contributed by atoms with van der Waals surface area (Å²) in [4.78, 5) is 11.3. The van der Waals surface area contributed by atoms with Crippen LogP contribution in [-0.4, -0.2) is 12.3 Å². The zero-order chi connectivity index (χ0) is 16.5. The zero-order valence-electron chi connectivity index (χ0n) is 10.7. The maximum atomic E-state index is 14.3. The highest BCUT2D eigenvalue weighted by Crippen LogP contribution is 2.39. The second-order valence-corrected chi connectivity index (χ2v) is 4.58. The zero-order valence-corrected chi connectivity index (χ0v) is 11.5. The Morgan fingerprint density at radius 3 is 2.27 bits per heavy atom. The number of carbonyl (C=O) groups is 1. The van der Waals surface area contributed by atoms with Crippen molar-refractivity contribution in [2.45, 2.75) is 6.36 Å². The van der Waals surface area contributed by atoms with Gasteiger partial charge in [-0.3, -0.25) is 4.79 Å². The number of alkyl halides is 3. The minimum Gasteiger partial charge on any atom is -0.403 e. The number of ether oxygens (including phenoxy) is 1. The van der Waals surface area contributed by atoms with E-state index in [0.29, 0.717) is 6.07 Å². The largest absolute Gasteiger partial charge is 0.573 e. The molecule has 0 unspecified atom stereocenters. The first kappa shape index (κ1) is 16.1. The summed E-state index contributed by atoms with van der Waals surface area (Å²) >= 11 is 5.91. The minimum atomic E-state index is -5.13. The van der Waals surface area contributed by atoms with E-state index >= 15 is 0 Å². The van der Waals surface area contributed by atoms with Gasteiger partial charge in [-0.1, -0.05) is 41.9 Å². The molecule has 0 atom stereocenters. The normalized spacial score (nSPS) is 11.3. The molecule has 0 aliphatic carbocycles. The molecule has 22 heavy (non-hydrogen) atoms. The van der Waals surface area contributed by atoms with Crippen molar-refractivity contribution >= 4 is 17.5 Å². The number of hydrogen-bond acceptors (Lipinski definition) is 2. The molecule has 2 N–H and O–H groups in total. The number of rotatable bonds is 3. The molecule has 2 aromatic carbocycles. The van der Waals surface area contributed by atoms with Gasteiger partial charge in [0, 0.05) is 5.56 Å². The van der Waals surface area contributed by atoms with Gasteiger partial charge in [0.25, 0.3) is 0 Å². The summed E-state index contributed by atoms with van der Waals surface area (Å²) < 4.78 is 55.0. The molecule has 0 saturated carbocycles. The molecule has 0 aromatic heterocycles. The molecule has 0 heterocycles. The maximum Gasteiger partial charge on any atom is 0.573 e. The van der Waals surface area contributed by atoms with E-state index in [1.807, 2.05) is 0 Å². The first-order valence-corrected chi connectivity index (χ1v) is 6.21. The second kappa shape index (κ2) is 5.84. The van der Waals surface area contributed by atoms with Crippen LogP contribution in [0.5, 0.6) is 5.75 Å². The van der Waals surface area contributed by atoms with Crippen LogP contribution in [0.25, 0.3) is 11.1 Å². The SMILES string of the molecule is NC(=O)c1cc(OC(F)(F)F)c(F)c(-c2ccccc2)c1Cl. The first-order chi connectivity index (χ1) is 10.2. The number of hydrogen-bond donors (Lipinski definition) is 1. The Labute approximate surface area is 127 Å². The Balaban J connectivity index is 2.73. The Bertz CT molecular complexity index is 717. The third kappa shape index (κ3) is 3.30. The van der Waals surface area contributed by atoms with Gasteiger partial charge < -0.3 is 10.5 Å². The molecule has 0 radical (unpaired) electrons. The number of carbonyl (C=O) groups excluding carboxylic acids is 1. The van der Waals surface area contributed by atoms with Gasteiger partial charge in [-0.2, -0.15) is 0 Å². The standard InChI is InChI=1S/C14H8ClF4NO2/c15-11-8(13(20)21)6-9(22-14(17,18)19)12(16)10(11)7-4-2-1-3-5-7/h1-6H,(H2,20,21). The molecule has 0 bridgehead atoms.